The number of thiophene rings is 1. The van der Waals surface area contributed by atoms with Crippen molar-refractivity contribution in [2.24, 2.45) is 5.10 Å². The Morgan fingerprint density at radius 1 is 1.25 bits per heavy atom. The third-order valence-electron chi connectivity index (χ3n) is 2.52. The first kappa shape index (κ1) is 15.0. The van der Waals surface area contributed by atoms with Gasteiger partial charge in [0.15, 0.2) is 0 Å². The zero-order chi connectivity index (χ0) is 14.6. The second-order valence-electron chi connectivity index (χ2n) is 3.96. The van der Waals surface area contributed by atoms with Gasteiger partial charge < -0.3 is 0 Å². The van der Waals surface area contributed by atoms with Gasteiger partial charge in [0, 0.05) is 14.8 Å². The van der Waals surface area contributed by atoms with Crippen LogP contribution in [0.1, 0.15) is 16.7 Å². The van der Waals surface area contributed by atoms with Gasteiger partial charge in [-0.3, -0.25) is 0 Å². The summed E-state index contributed by atoms with van der Waals surface area (Å²) in [6, 6.07) is 9.81. The molecule has 2 aromatic rings. The number of rotatable bonds is 5. The molecule has 0 saturated carbocycles. The van der Waals surface area contributed by atoms with E-state index in [1.165, 1.54) is 35.4 Å². The van der Waals surface area contributed by atoms with E-state index in [0.717, 1.165) is 11.3 Å². The third kappa shape index (κ3) is 3.82. The molecular formula is C13H13ClN2O2S2. The minimum Gasteiger partial charge on any atom is -0.200 e. The Morgan fingerprint density at radius 2 is 1.95 bits per heavy atom. The van der Waals surface area contributed by atoms with Gasteiger partial charge in [0.1, 0.15) is 0 Å². The van der Waals surface area contributed by atoms with Crippen LogP contribution in [0.25, 0.3) is 0 Å². The molecule has 0 atom stereocenters. The SMILES string of the molecule is CCc1ccc(/C=N/NS(=O)(=O)c2ccc(Cl)cc2)s1. The Balaban J connectivity index is 2.07. The summed E-state index contributed by atoms with van der Waals surface area (Å²) in [5.41, 5.74) is 0. The van der Waals surface area contributed by atoms with Crippen molar-refractivity contribution in [3.63, 3.8) is 0 Å². The largest absolute Gasteiger partial charge is 0.276 e. The van der Waals surface area contributed by atoms with E-state index in [9.17, 15) is 8.42 Å². The zero-order valence-corrected chi connectivity index (χ0v) is 13.1. The first-order chi connectivity index (χ1) is 9.51. The molecule has 4 nitrogen and oxygen atoms in total. The number of nitrogens with one attached hydrogen (secondary N) is 1. The van der Waals surface area contributed by atoms with Crippen LogP contribution in [0.5, 0.6) is 0 Å². The fourth-order valence-electron chi connectivity index (χ4n) is 1.48. The molecule has 2 rings (SSSR count). The van der Waals surface area contributed by atoms with Gasteiger partial charge in [-0.1, -0.05) is 18.5 Å². The van der Waals surface area contributed by atoms with Gasteiger partial charge in [-0.2, -0.15) is 13.5 Å². The molecule has 1 aromatic heterocycles. The summed E-state index contributed by atoms with van der Waals surface area (Å²) in [7, 11) is -3.65. The molecule has 106 valence electrons. The number of aryl methyl sites for hydroxylation is 1. The summed E-state index contributed by atoms with van der Waals surface area (Å²) >= 11 is 7.30. The van der Waals surface area contributed by atoms with Crippen molar-refractivity contribution in [1.82, 2.24) is 4.83 Å². The molecule has 1 N–H and O–H groups in total. The summed E-state index contributed by atoms with van der Waals surface area (Å²) in [6.45, 7) is 2.07. The highest BCUT2D eigenvalue weighted by Gasteiger charge is 2.11. The van der Waals surface area contributed by atoms with Crippen molar-refractivity contribution < 1.29 is 8.42 Å². The lowest BCUT2D eigenvalue weighted by Crippen LogP contribution is -2.18. The van der Waals surface area contributed by atoms with E-state index in [0.29, 0.717) is 5.02 Å². The molecule has 0 aliphatic carbocycles. The maximum absolute atomic E-state index is 11.9. The van der Waals surface area contributed by atoms with Gasteiger partial charge >= 0.3 is 0 Å². The number of hydrazone groups is 1. The van der Waals surface area contributed by atoms with Gasteiger partial charge in [-0.05, 0) is 42.8 Å². The van der Waals surface area contributed by atoms with Crippen molar-refractivity contribution in [3.8, 4) is 0 Å². The van der Waals surface area contributed by atoms with Gasteiger partial charge in [0.05, 0.1) is 11.1 Å². The van der Waals surface area contributed by atoms with E-state index in [-0.39, 0.29) is 4.90 Å². The van der Waals surface area contributed by atoms with E-state index in [2.05, 4.69) is 16.9 Å². The highest BCUT2D eigenvalue weighted by molar-refractivity contribution is 7.89. The van der Waals surface area contributed by atoms with Crippen molar-refractivity contribution in [2.75, 3.05) is 0 Å². The molecule has 0 saturated heterocycles. The normalized spacial score (nSPS) is 11.9. The van der Waals surface area contributed by atoms with Crippen LogP contribution in [0.15, 0.2) is 46.4 Å². The molecule has 0 amide bonds. The van der Waals surface area contributed by atoms with E-state index in [1.54, 1.807) is 11.3 Å². The Labute approximate surface area is 127 Å². The van der Waals surface area contributed by atoms with Crippen LogP contribution in [-0.2, 0) is 16.4 Å². The molecule has 0 aliphatic heterocycles. The zero-order valence-electron chi connectivity index (χ0n) is 10.7. The maximum Gasteiger partial charge on any atom is 0.276 e. The Kier molecular flexibility index (Phi) is 4.80. The fourth-order valence-corrected chi connectivity index (χ4v) is 3.22. The van der Waals surface area contributed by atoms with E-state index in [4.69, 9.17) is 11.6 Å². The Morgan fingerprint density at radius 3 is 2.55 bits per heavy atom. The standard InChI is InChI=1S/C13H13ClN2O2S2/c1-2-11-5-6-12(19-11)9-15-16-20(17,18)13-7-3-10(14)4-8-13/h3-9,16H,2H2,1H3/b15-9+. The lowest BCUT2D eigenvalue weighted by Gasteiger charge is -2.02. The summed E-state index contributed by atoms with van der Waals surface area (Å²) < 4.78 is 23.9. The van der Waals surface area contributed by atoms with Crippen LogP contribution in [0.4, 0.5) is 0 Å². The minimum atomic E-state index is -3.65. The maximum atomic E-state index is 11.9. The van der Waals surface area contributed by atoms with E-state index >= 15 is 0 Å². The summed E-state index contributed by atoms with van der Waals surface area (Å²) in [6.07, 6.45) is 2.45. The van der Waals surface area contributed by atoms with E-state index in [1.807, 2.05) is 12.1 Å². The first-order valence-corrected chi connectivity index (χ1v) is 8.58. The van der Waals surface area contributed by atoms with Gasteiger partial charge in [-0.25, -0.2) is 4.83 Å². The predicted octanol–water partition coefficient (Wildman–Crippen LogP) is 3.28. The second-order valence-corrected chi connectivity index (χ2v) is 7.26. The Bertz CT molecular complexity index is 706. The monoisotopic (exact) mass is 328 g/mol. The van der Waals surface area contributed by atoms with Crippen LogP contribution in [0, 0.1) is 0 Å². The summed E-state index contributed by atoms with van der Waals surface area (Å²) in [5.74, 6) is 0. The predicted molar refractivity (Wildman–Crippen MR) is 83.1 cm³/mol. The molecule has 0 fully saturated rings. The molecule has 1 heterocycles. The van der Waals surface area contributed by atoms with Gasteiger partial charge in [0.25, 0.3) is 10.0 Å². The average molecular weight is 329 g/mol. The van der Waals surface area contributed by atoms with E-state index < -0.39 is 10.0 Å². The molecule has 0 aliphatic rings. The number of halogens is 1. The molecular weight excluding hydrogens is 316 g/mol. The van der Waals surface area contributed by atoms with Crippen LogP contribution in [0.2, 0.25) is 5.02 Å². The third-order valence-corrected chi connectivity index (χ3v) is 5.17. The number of sulfonamides is 1. The van der Waals surface area contributed by atoms with Crippen molar-refractivity contribution >= 4 is 39.2 Å². The smallest absolute Gasteiger partial charge is 0.200 e. The first-order valence-electron chi connectivity index (χ1n) is 5.90. The summed E-state index contributed by atoms with van der Waals surface area (Å²) in [5, 5.41) is 4.26. The van der Waals surface area contributed by atoms with Crippen LogP contribution in [-0.4, -0.2) is 14.6 Å². The topological polar surface area (TPSA) is 58.5 Å². The van der Waals surface area contributed by atoms with Crippen molar-refractivity contribution in [1.29, 1.82) is 0 Å². The van der Waals surface area contributed by atoms with Crippen molar-refractivity contribution in [3.05, 3.63) is 51.2 Å². The number of hydrogen-bond donors (Lipinski definition) is 1. The van der Waals surface area contributed by atoms with Gasteiger partial charge in [0.2, 0.25) is 0 Å². The number of benzene rings is 1. The number of nitrogens with zero attached hydrogens (tertiary/aromatic N) is 1. The van der Waals surface area contributed by atoms with Crippen molar-refractivity contribution in [2.45, 2.75) is 18.2 Å². The molecule has 1 aromatic carbocycles. The highest BCUT2D eigenvalue weighted by Crippen LogP contribution is 2.15. The van der Waals surface area contributed by atoms with Gasteiger partial charge in [-0.15, -0.1) is 11.3 Å². The molecule has 0 spiro atoms. The molecule has 0 unspecified atom stereocenters. The Hall–Kier alpha value is -1.37. The molecule has 20 heavy (non-hydrogen) atoms. The minimum absolute atomic E-state index is 0.125. The number of hydrogen-bond acceptors (Lipinski definition) is 4. The molecule has 7 heteroatoms. The summed E-state index contributed by atoms with van der Waals surface area (Å²) in [4.78, 5) is 4.43. The molecule has 0 bridgehead atoms. The van der Waals surface area contributed by atoms with Crippen LogP contribution < -0.4 is 4.83 Å². The fraction of sp³-hybridized carbons (Fsp3) is 0.154. The lowest BCUT2D eigenvalue weighted by atomic mass is 10.4. The highest BCUT2D eigenvalue weighted by atomic mass is 35.5. The average Bonchev–Trinajstić information content (AvgIpc) is 2.87. The van der Waals surface area contributed by atoms with Crippen LogP contribution in [0.3, 0.4) is 0 Å². The molecule has 0 radical (unpaired) electrons. The second kappa shape index (κ2) is 6.39. The lowest BCUT2D eigenvalue weighted by molar-refractivity contribution is 0.584. The quantitative estimate of drug-likeness (QED) is 0.676. The van der Waals surface area contributed by atoms with Crippen LogP contribution >= 0.6 is 22.9 Å².